The number of hydrogen-bond acceptors (Lipinski definition) is 6. The maximum Gasteiger partial charge on any atom is 0.246 e. The minimum absolute atomic E-state index is 0.0475. The maximum atomic E-state index is 11.8. The van der Waals surface area contributed by atoms with Crippen molar-refractivity contribution in [1.82, 2.24) is 25.1 Å². The second-order valence-corrected chi connectivity index (χ2v) is 4.47. The average Bonchev–Trinajstić information content (AvgIpc) is 2.96. The van der Waals surface area contributed by atoms with Crippen LogP contribution in [0.25, 0.3) is 11.6 Å². The summed E-state index contributed by atoms with van der Waals surface area (Å²) in [5.41, 5.74) is 0. The molecular weight excluding hydrogens is 250 g/mol. The standard InChI is InChI=1S/C11H13N5O3/c17-7-8-4-15(5-8)10(18)6-16-13-11(12-14-16)9-2-1-3-19-9/h1-3,8,17H,4-7H2. The molecule has 0 aromatic carbocycles. The first kappa shape index (κ1) is 11.8. The van der Waals surface area contributed by atoms with Gasteiger partial charge >= 0.3 is 0 Å². The van der Waals surface area contributed by atoms with Crippen LogP contribution in [0, 0.1) is 5.92 Å². The van der Waals surface area contributed by atoms with Gasteiger partial charge in [-0.3, -0.25) is 4.79 Å². The molecule has 0 spiro atoms. The van der Waals surface area contributed by atoms with Crippen molar-refractivity contribution < 1.29 is 14.3 Å². The largest absolute Gasteiger partial charge is 0.461 e. The molecule has 2 aromatic rings. The van der Waals surface area contributed by atoms with Crippen molar-refractivity contribution in [3.05, 3.63) is 18.4 Å². The number of carbonyl (C=O) groups is 1. The molecule has 1 aliphatic heterocycles. The Bertz CT molecular complexity index is 559. The van der Waals surface area contributed by atoms with Gasteiger partial charge in [-0.15, -0.1) is 10.2 Å². The molecule has 0 saturated carbocycles. The highest BCUT2D eigenvalue weighted by Crippen LogP contribution is 2.15. The molecule has 1 aliphatic rings. The monoisotopic (exact) mass is 263 g/mol. The summed E-state index contributed by atoms with van der Waals surface area (Å²) >= 11 is 0. The third-order valence-corrected chi connectivity index (χ3v) is 3.04. The van der Waals surface area contributed by atoms with Crippen LogP contribution in [-0.4, -0.2) is 55.8 Å². The Morgan fingerprint density at radius 3 is 3.05 bits per heavy atom. The Labute approximate surface area is 108 Å². The summed E-state index contributed by atoms with van der Waals surface area (Å²) in [6, 6.07) is 3.46. The number of tetrazole rings is 1. The molecular formula is C11H13N5O3. The molecule has 19 heavy (non-hydrogen) atoms. The number of hydrogen-bond donors (Lipinski definition) is 1. The first-order valence-electron chi connectivity index (χ1n) is 5.96. The second-order valence-electron chi connectivity index (χ2n) is 4.47. The van der Waals surface area contributed by atoms with Crippen molar-refractivity contribution >= 4 is 5.91 Å². The van der Waals surface area contributed by atoms with Crippen molar-refractivity contribution in [3.63, 3.8) is 0 Å². The Hall–Kier alpha value is -2.22. The summed E-state index contributed by atoms with van der Waals surface area (Å²) in [5, 5.41) is 20.6. The smallest absolute Gasteiger partial charge is 0.246 e. The first-order chi connectivity index (χ1) is 9.26. The van der Waals surface area contributed by atoms with Gasteiger partial charge in [0.2, 0.25) is 11.7 Å². The molecule has 3 rings (SSSR count). The fourth-order valence-electron chi connectivity index (χ4n) is 1.92. The number of carbonyl (C=O) groups excluding carboxylic acids is 1. The third-order valence-electron chi connectivity index (χ3n) is 3.04. The summed E-state index contributed by atoms with van der Waals surface area (Å²) in [6.07, 6.45) is 1.52. The average molecular weight is 263 g/mol. The van der Waals surface area contributed by atoms with E-state index < -0.39 is 0 Å². The predicted molar refractivity (Wildman–Crippen MR) is 62.7 cm³/mol. The highest BCUT2D eigenvalue weighted by atomic mass is 16.3. The summed E-state index contributed by atoms with van der Waals surface area (Å²) in [5.74, 6) is 0.997. The van der Waals surface area contributed by atoms with Gasteiger partial charge in [0, 0.05) is 25.6 Å². The van der Waals surface area contributed by atoms with Crippen molar-refractivity contribution in [2.75, 3.05) is 19.7 Å². The zero-order chi connectivity index (χ0) is 13.2. The Balaban J connectivity index is 1.60. The van der Waals surface area contributed by atoms with Crippen molar-refractivity contribution in [3.8, 4) is 11.6 Å². The van der Waals surface area contributed by atoms with Gasteiger partial charge in [0.25, 0.3) is 0 Å². The minimum Gasteiger partial charge on any atom is -0.461 e. The van der Waals surface area contributed by atoms with Crippen LogP contribution in [0.15, 0.2) is 22.8 Å². The van der Waals surface area contributed by atoms with Crippen molar-refractivity contribution in [1.29, 1.82) is 0 Å². The highest BCUT2D eigenvalue weighted by molar-refractivity contribution is 5.76. The fourth-order valence-corrected chi connectivity index (χ4v) is 1.92. The number of likely N-dealkylation sites (tertiary alicyclic amines) is 1. The maximum absolute atomic E-state index is 11.8. The van der Waals surface area contributed by atoms with Gasteiger partial charge in [-0.05, 0) is 17.3 Å². The zero-order valence-electron chi connectivity index (χ0n) is 10.1. The molecule has 8 nitrogen and oxygen atoms in total. The van der Waals surface area contributed by atoms with Crippen LogP contribution < -0.4 is 0 Å². The van der Waals surface area contributed by atoms with Crippen molar-refractivity contribution in [2.24, 2.45) is 5.92 Å². The van der Waals surface area contributed by atoms with E-state index in [0.29, 0.717) is 24.7 Å². The summed E-state index contributed by atoms with van der Waals surface area (Å²) in [6.45, 7) is 1.35. The van der Waals surface area contributed by atoms with E-state index in [2.05, 4.69) is 15.4 Å². The van der Waals surface area contributed by atoms with Crippen LogP contribution in [-0.2, 0) is 11.3 Å². The molecule has 3 heterocycles. The summed E-state index contributed by atoms with van der Waals surface area (Å²) in [7, 11) is 0. The van der Waals surface area contributed by atoms with E-state index in [0.717, 1.165) is 0 Å². The van der Waals surface area contributed by atoms with Gasteiger partial charge in [0.15, 0.2) is 5.76 Å². The summed E-state index contributed by atoms with van der Waals surface area (Å²) < 4.78 is 5.14. The van der Waals surface area contributed by atoms with Gasteiger partial charge in [-0.25, -0.2) is 0 Å². The molecule has 0 aliphatic carbocycles. The van der Waals surface area contributed by atoms with Gasteiger partial charge in [0.1, 0.15) is 6.54 Å². The van der Waals surface area contributed by atoms with Crippen LogP contribution in [0.2, 0.25) is 0 Å². The van der Waals surface area contributed by atoms with Gasteiger partial charge in [0.05, 0.1) is 6.26 Å². The van der Waals surface area contributed by atoms with Crippen LogP contribution in [0.5, 0.6) is 0 Å². The van der Waals surface area contributed by atoms with Crippen LogP contribution >= 0.6 is 0 Å². The molecule has 0 atom stereocenters. The summed E-state index contributed by atoms with van der Waals surface area (Å²) in [4.78, 5) is 14.8. The lowest BCUT2D eigenvalue weighted by molar-refractivity contribution is -0.139. The van der Waals surface area contributed by atoms with E-state index in [1.165, 1.54) is 11.1 Å². The number of aromatic nitrogens is 4. The van der Waals surface area contributed by atoms with Crippen LogP contribution in [0.3, 0.4) is 0 Å². The predicted octanol–water partition coefficient (Wildman–Crippen LogP) is -0.616. The molecule has 0 unspecified atom stereocenters. The van der Waals surface area contributed by atoms with E-state index in [4.69, 9.17) is 9.52 Å². The Kier molecular flexibility index (Phi) is 3.00. The Morgan fingerprint density at radius 1 is 1.53 bits per heavy atom. The normalized spacial score (nSPS) is 15.5. The molecule has 0 bridgehead atoms. The topological polar surface area (TPSA) is 97.3 Å². The molecule has 2 aromatic heterocycles. The Morgan fingerprint density at radius 2 is 2.37 bits per heavy atom. The lowest BCUT2D eigenvalue weighted by atomic mass is 10.0. The minimum atomic E-state index is -0.0758. The lowest BCUT2D eigenvalue weighted by Crippen LogP contribution is -2.52. The molecule has 0 radical (unpaired) electrons. The third kappa shape index (κ3) is 2.34. The SMILES string of the molecule is O=C(Cn1nnc(-c2ccco2)n1)N1CC(CO)C1. The quantitative estimate of drug-likeness (QED) is 0.789. The molecule has 8 heteroatoms. The lowest BCUT2D eigenvalue weighted by Gasteiger charge is -2.38. The molecule has 1 amide bonds. The number of aliphatic hydroxyl groups is 1. The first-order valence-corrected chi connectivity index (χ1v) is 5.96. The number of furan rings is 1. The van der Waals surface area contributed by atoms with Gasteiger partial charge in [-0.1, -0.05) is 0 Å². The van der Waals surface area contributed by atoms with E-state index in [9.17, 15) is 4.79 Å². The molecule has 1 fully saturated rings. The molecule has 1 N–H and O–H groups in total. The number of aliphatic hydroxyl groups excluding tert-OH is 1. The van der Waals surface area contributed by atoms with E-state index >= 15 is 0 Å². The fraction of sp³-hybridized carbons (Fsp3) is 0.455. The van der Waals surface area contributed by atoms with Crippen molar-refractivity contribution in [2.45, 2.75) is 6.54 Å². The van der Waals surface area contributed by atoms with Crippen LogP contribution in [0.4, 0.5) is 0 Å². The second kappa shape index (κ2) is 4.81. The number of nitrogens with zero attached hydrogens (tertiary/aromatic N) is 5. The number of rotatable bonds is 4. The molecule has 1 saturated heterocycles. The van der Waals surface area contributed by atoms with Crippen LogP contribution in [0.1, 0.15) is 0 Å². The van der Waals surface area contributed by atoms with Gasteiger partial charge < -0.3 is 14.4 Å². The zero-order valence-corrected chi connectivity index (χ0v) is 10.1. The molecule has 100 valence electrons. The highest BCUT2D eigenvalue weighted by Gasteiger charge is 2.30. The van der Waals surface area contributed by atoms with E-state index in [1.54, 1.807) is 17.0 Å². The van der Waals surface area contributed by atoms with Gasteiger partial charge in [-0.2, -0.15) is 4.80 Å². The van der Waals surface area contributed by atoms with E-state index in [-0.39, 0.29) is 25.0 Å². The number of amides is 1. The van der Waals surface area contributed by atoms with E-state index in [1.807, 2.05) is 0 Å².